The molecule has 0 radical (unpaired) electrons. The second kappa shape index (κ2) is 8.27. The summed E-state index contributed by atoms with van der Waals surface area (Å²) in [7, 11) is 0. The number of hydrogen-bond acceptors (Lipinski definition) is 3. The van der Waals surface area contributed by atoms with E-state index in [1.807, 2.05) is 47.8 Å². The molecule has 5 nitrogen and oxygen atoms in total. The van der Waals surface area contributed by atoms with Crippen LogP contribution in [0.5, 0.6) is 0 Å². The predicted octanol–water partition coefficient (Wildman–Crippen LogP) is 0.734. The highest BCUT2D eigenvalue weighted by Crippen LogP contribution is 2.25. The Morgan fingerprint density at radius 3 is 2.48 bits per heavy atom. The Bertz CT molecular complexity index is 695. The minimum absolute atomic E-state index is 0.0324. The monoisotopic (exact) mass is 358 g/mol. The highest BCUT2D eigenvalue weighted by molar-refractivity contribution is 7.10. The van der Waals surface area contributed by atoms with Crippen LogP contribution in [0.1, 0.15) is 29.3 Å². The number of carbonyl (C=O) groups excluding carboxylic acids is 2. The number of likely N-dealkylation sites (tertiary alicyclic amines) is 1. The van der Waals surface area contributed by atoms with E-state index in [0.29, 0.717) is 6.54 Å². The number of benzene rings is 1. The maximum Gasteiger partial charge on any atom is 0.275 e. The minimum Gasteiger partial charge on any atom is -0.369 e. The highest BCUT2D eigenvalue weighted by atomic mass is 32.1. The number of quaternary nitrogens is 1. The van der Waals surface area contributed by atoms with Crippen LogP contribution >= 0.6 is 11.3 Å². The van der Waals surface area contributed by atoms with Gasteiger partial charge in [-0.3, -0.25) is 9.59 Å². The Kier molecular flexibility index (Phi) is 5.83. The van der Waals surface area contributed by atoms with Crippen LogP contribution in [0.15, 0.2) is 47.8 Å². The van der Waals surface area contributed by atoms with Crippen molar-refractivity contribution >= 4 is 23.2 Å². The quantitative estimate of drug-likeness (QED) is 0.712. The van der Waals surface area contributed by atoms with Gasteiger partial charge in [0.05, 0.1) is 19.1 Å². The zero-order chi connectivity index (χ0) is 17.6. The van der Waals surface area contributed by atoms with Gasteiger partial charge in [0.1, 0.15) is 0 Å². The third-order valence-corrected chi connectivity index (χ3v) is 5.71. The summed E-state index contributed by atoms with van der Waals surface area (Å²) in [5, 5.41) is 5.20. The fraction of sp³-hybridized carbons (Fsp3) is 0.368. The molecular formula is C19H24N3O2S+. The molecule has 4 N–H and O–H groups in total. The Hall–Kier alpha value is -2.18. The molecule has 3 rings (SSSR count). The van der Waals surface area contributed by atoms with E-state index in [2.05, 4.69) is 5.32 Å². The third-order valence-electron chi connectivity index (χ3n) is 4.77. The van der Waals surface area contributed by atoms with Gasteiger partial charge in [-0.1, -0.05) is 36.4 Å². The number of carbonyl (C=O) groups is 2. The van der Waals surface area contributed by atoms with Crippen molar-refractivity contribution in [3.63, 3.8) is 0 Å². The minimum atomic E-state index is -0.217. The van der Waals surface area contributed by atoms with Gasteiger partial charge in [0.15, 0.2) is 6.54 Å². The summed E-state index contributed by atoms with van der Waals surface area (Å²) in [6, 6.07) is 14.0. The lowest BCUT2D eigenvalue weighted by Gasteiger charge is -2.28. The van der Waals surface area contributed by atoms with Crippen molar-refractivity contribution in [3.8, 4) is 0 Å². The van der Waals surface area contributed by atoms with E-state index in [4.69, 9.17) is 5.73 Å². The molecular weight excluding hydrogens is 334 g/mol. The summed E-state index contributed by atoms with van der Waals surface area (Å²) in [5.74, 6) is -0.213. The van der Waals surface area contributed by atoms with Crippen molar-refractivity contribution in [1.82, 2.24) is 5.32 Å². The van der Waals surface area contributed by atoms with E-state index < -0.39 is 0 Å². The number of nitrogens with two attached hydrogens (primary N) is 1. The van der Waals surface area contributed by atoms with Crippen molar-refractivity contribution in [2.75, 3.05) is 19.6 Å². The van der Waals surface area contributed by atoms with Crippen LogP contribution in [0.4, 0.5) is 0 Å². The fourth-order valence-corrected chi connectivity index (χ4v) is 4.15. The molecule has 0 spiro atoms. The van der Waals surface area contributed by atoms with Crippen LogP contribution in [-0.4, -0.2) is 31.4 Å². The average Bonchev–Trinajstić information content (AvgIpc) is 3.15. The molecule has 1 aliphatic heterocycles. The van der Waals surface area contributed by atoms with Crippen molar-refractivity contribution in [2.45, 2.75) is 18.9 Å². The van der Waals surface area contributed by atoms with E-state index in [1.54, 1.807) is 11.3 Å². The maximum atomic E-state index is 12.6. The van der Waals surface area contributed by atoms with Crippen LogP contribution in [-0.2, 0) is 9.59 Å². The number of piperidine rings is 1. The van der Waals surface area contributed by atoms with E-state index in [9.17, 15) is 9.59 Å². The molecule has 0 aliphatic carbocycles. The lowest BCUT2D eigenvalue weighted by molar-refractivity contribution is -0.897. The van der Waals surface area contributed by atoms with E-state index in [1.165, 1.54) is 4.90 Å². The molecule has 1 fully saturated rings. The lowest BCUT2D eigenvalue weighted by Crippen LogP contribution is -3.14. The predicted molar refractivity (Wildman–Crippen MR) is 98.2 cm³/mol. The van der Waals surface area contributed by atoms with Crippen LogP contribution in [0, 0.1) is 5.92 Å². The lowest BCUT2D eigenvalue weighted by atomic mass is 9.96. The van der Waals surface area contributed by atoms with Gasteiger partial charge < -0.3 is 16.0 Å². The molecule has 1 aromatic carbocycles. The van der Waals surface area contributed by atoms with E-state index in [0.717, 1.165) is 36.4 Å². The molecule has 1 aliphatic rings. The van der Waals surface area contributed by atoms with Crippen molar-refractivity contribution in [1.29, 1.82) is 0 Å². The molecule has 0 saturated carbocycles. The van der Waals surface area contributed by atoms with E-state index in [-0.39, 0.29) is 23.8 Å². The van der Waals surface area contributed by atoms with Crippen LogP contribution in [0.25, 0.3) is 0 Å². The van der Waals surface area contributed by atoms with Crippen molar-refractivity contribution in [3.05, 3.63) is 58.3 Å². The molecule has 0 unspecified atom stereocenters. The Morgan fingerprint density at radius 2 is 1.88 bits per heavy atom. The van der Waals surface area contributed by atoms with Crippen LogP contribution < -0.4 is 16.0 Å². The Labute approximate surface area is 151 Å². The van der Waals surface area contributed by atoms with Gasteiger partial charge >= 0.3 is 0 Å². The fourth-order valence-electron chi connectivity index (χ4n) is 3.35. The largest absolute Gasteiger partial charge is 0.369 e. The summed E-state index contributed by atoms with van der Waals surface area (Å²) >= 11 is 1.64. The Balaban J connectivity index is 1.61. The third kappa shape index (κ3) is 4.67. The molecule has 1 aromatic heterocycles. The zero-order valence-corrected chi connectivity index (χ0v) is 14.9. The zero-order valence-electron chi connectivity index (χ0n) is 14.1. The highest BCUT2D eigenvalue weighted by Gasteiger charge is 2.28. The molecule has 0 bridgehead atoms. The number of nitrogens with one attached hydrogen (secondary N) is 2. The van der Waals surface area contributed by atoms with E-state index >= 15 is 0 Å². The van der Waals surface area contributed by atoms with Gasteiger partial charge in [-0.2, -0.15) is 0 Å². The van der Waals surface area contributed by atoms with Crippen LogP contribution in [0.3, 0.4) is 0 Å². The van der Waals surface area contributed by atoms with Gasteiger partial charge in [0.25, 0.3) is 5.91 Å². The summed E-state index contributed by atoms with van der Waals surface area (Å²) in [5.41, 5.74) is 6.46. The molecule has 2 aromatic rings. The van der Waals surface area contributed by atoms with Gasteiger partial charge in [-0.05, 0) is 17.0 Å². The first-order chi connectivity index (χ1) is 12.1. The molecule has 2 heterocycles. The number of amides is 2. The second-order valence-electron chi connectivity index (χ2n) is 6.53. The van der Waals surface area contributed by atoms with Crippen LogP contribution in [0.2, 0.25) is 0 Å². The molecule has 6 heteroatoms. The topological polar surface area (TPSA) is 76.6 Å². The Morgan fingerprint density at radius 1 is 1.16 bits per heavy atom. The second-order valence-corrected chi connectivity index (χ2v) is 7.51. The SMILES string of the molecule is NC(=O)C1CC[NH+](CC(=O)N[C@@H](c2ccccc2)c2cccs2)CC1. The number of primary amides is 1. The standard InChI is InChI=1S/C19H23N3O2S/c20-19(24)15-8-10-22(11-9-15)13-17(23)21-18(16-7-4-12-25-16)14-5-2-1-3-6-14/h1-7,12,15,18H,8-11,13H2,(H2,20,24)(H,21,23)/p+1/t18-/m0/s1. The van der Waals surface area contributed by atoms with Gasteiger partial charge in [-0.25, -0.2) is 0 Å². The van der Waals surface area contributed by atoms with Gasteiger partial charge in [0, 0.05) is 23.6 Å². The maximum absolute atomic E-state index is 12.6. The number of thiophene rings is 1. The first kappa shape index (κ1) is 17.6. The van der Waals surface area contributed by atoms with Gasteiger partial charge in [0.2, 0.25) is 5.91 Å². The number of hydrogen-bond donors (Lipinski definition) is 3. The first-order valence-corrected chi connectivity index (χ1v) is 9.52. The smallest absolute Gasteiger partial charge is 0.275 e. The normalized spacial score (nSPS) is 21.4. The molecule has 2 amide bonds. The van der Waals surface area contributed by atoms with Gasteiger partial charge in [-0.15, -0.1) is 11.3 Å². The van der Waals surface area contributed by atoms with Crippen molar-refractivity contribution in [2.24, 2.45) is 11.7 Å². The molecule has 132 valence electrons. The first-order valence-electron chi connectivity index (χ1n) is 8.64. The molecule has 1 saturated heterocycles. The molecule has 1 atom stereocenters. The number of rotatable bonds is 6. The van der Waals surface area contributed by atoms with Crippen molar-refractivity contribution < 1.29 is 14.5 Å². The summed E-state index contributed by atoms with van der Waals surface area (Å²) < 4.78 is 0. The summed E-state index contributed by atoms with van der Waals surface area (Å²) in [4.78, 5) is 26.2. The summed E-state index contributed by atoms with van der Waals surface area (Å²) in [6.07, 6.45) is 1.54. The molecule has 25 heavy (non-hydrogen) atoms. The summed E-state index contributed by atoms with van der Waals surface area (Å²) in [6.45, 7) is 2.06. The average molecular weight is 358 g/mol.